The fourth-order valence-electron chi connectivity index (χ4n) is 3.66. The van der Waals surface area contributed by atoms with E-state index in [4.69, 9.17) is 9.47 Å². The summed E-state index contributed by atoms with van der Waals surface area (Å²) in [6.45, 7) is 8.80. The Hall–Kier alpha value is -3.53. The molecule has 4 heteroatoms. The second kappa shape index (κ2) is 8.91. The summed E-state index contributed by atoms with van der Waals surface area (Å²) in [6.07, 6.45) is 2.07. The molecule has 0 aliphatic heterocycles. The Morgan fingerprint density at radius 3 is 2.44 bits per heavy atom. The SMILES string of the molecule is Cc1ccc(Cn2ccc3cc(OCc4ccccc4)ccc32)cc1C(=O)OC(C)(C)C. The minimum absolute atomic E-state index is 0.283. The van der Waals surface area contributed by atoms with Crippen molar-refractivity contribution in [2.45, 2.75) is 46.4 Å². The number of benzene rings is 3. The van der Waals surface area contributed by atoms with E-state index in [0.717, 1.165) is 33.3 Å². The summed E-state index contributed by atoms with van der Waals surface area (Å²) in [5.74, 6) is 0.566. The zero-order valence-corrected chi connectivity index (χ0v) is 19.1. The van der Waals surface area contributed by atoms with Crippen molar-refractivity contribution in [2.24, 2.45) is 0 Å². The molecule has 1 heterocycles. The van der Waals surface area contributed by atoms with Gasteiger partial charge in [-0.1, -0.05) is 42.5 Å². The Balaban J connectivity index is 1.51. The van der Waals surface area contributed by atoms with Crippen LogP contribution in [0.15, 0.2) is 79.0 Å². The third-order valence-corrected chi connectivity index (χ3v) is 5.26. The van der Waals surface area contributed by atoms with Crippen LogP contribution in [0.5, 0.6) is 5.75 Å². The Bertz CT molecular complexity index is 1230. The lowest BCUT2D eigenvalue weighted by Crippen LogP contribution is -2.24. The molecule has 0 aliphatic rings. The lowest BCUT2D eigenvalue weighted by molar-refractivity contribution is 0.00686. The second-order valence-electron chi connectivity index (χ2n) is 9.09. The number of aryl methyl sites for hydroxylation is 1. The van der Waals surface area contributed by atoms with Crippen LogP contribution in [0.3, 0.4) is 0 Å². The van der Waals surface area contributed by atoms with Crippen molar-refractivity contribution in [3.63, 3.8) is 0 Å². The molecule has 4 aromatic rings. The normalized spacial score (nSPS) is 11.5. The molecule has 32 heavy (non-hydrogen) atoms. The molecule has 164 valence electrons. The highest BCUT2D eigenvalue weighted by Crippen LogP contribution is 2.24. The molecule has 0 atom stereocenters. The summed E-state index contributed by atoms with van der Waals surface area (Å²) >= 11 is 0. The largest absolute Gasteiger partial charge is 0.489 e. The number of hydrogen-bond acceptors (Lipinski definition) is 3. The predicted octanol–water partition coefficient (Wildman–Crippen LogP) is 6.53. The second-order valence-corrected chi connectivity index (χ2v) is 9.09. The van der Waals surface area contributed by atoms with Gasteiger partial charge in [0.05, 0.1) is 5.56 Å². The standard InChI is InChI=1S/C28H29NO3/c1-20-10-11-22(16-25(20)27(30)32-28(2,3)4)18-29-15-14-23-17-24(12-13-26(23)29)31-19-21-8-6-5-7-9-21/h5-17H,18-19H2,1-4H3. The molecular weight excluding hydrogens is 398 g/mol. The van der Waals surface area contributed by atoms with Crippen LogP contribution >= 0.6 is 0 Å². The van der Waals surface area contributed by atoms with Crippen molar-refractivity contribution < 1.29 is 14.3 Å². The van der Waals surface area contributed by atoms with Gasteiger partial charge in [-0.15, -0.1) is 0 Å². The highest BCUT2D eigenvalue weighted by molar-refractivity contribution is 5.91. The number of aromatic nitrogens is 1. The van der Waals surface area contributed by atoms with Gasteiger partial charge in [-0.2, -0.15) is 0 Å². The topological polar surface area (TPSA) is 40.5 Å². The summed E-state index contributed by atoms with van der Waals surface area (Å²) in [4.78, 5) is 12.6. The van der Waals surface area contributed by atoms with Gasteiger partial charge in [0, 0.05) is 23.6 Å². The molecule has 0 saturated heterocycles. The van der Waals surface area contributed by atoms with Gasteiger partial charge in [0.1, 0.15) is 18.0 Å². The quantitative estimate of drug-likeness (QED) is 0.328. The molecule has 0 fully saturated rings. The zero-order chi connectivity index (χ0) is 22.7. The van der Waals surface area contributed by atoms with E-state index in [0.29, 0.717) is 18.7 Å². The number of rotatable bonds is 6. The summed E-state index contributed by atoms with van der Waals surface area (Å²) < 4.78 is 13.7. The van der Waals surface area contributed by atoms with Crippen molar-refractivity contribution in [3.8, 4) is 5.75 Å². The third kappa shape index (κ3) is 5.20. The highest BCUT2D eigenvalue weighted by Gasteiger charge is 2.19. The molecule has 0 unspecified atom stereocenters. The van der Waals surface area contributed by atoms with Crippen LogP contribution < -0.4 is 4.74 Å². The van der Waals surface area contributed by atoms with Crippen LogP contribution in [0.4, 0.5) is 0 Å². The molecule has 0 N–H and O–H groups in total. The number of carbonyl (C=O) groups is 1. The average Bonchev–Trinajstić information content (AvgIpc) is 3.15. The first kappa shape index (κ1) is 21.7. The van der Waals surface area contributed by atoms with Crippen LogP contribution in [0.2, 0.25) is 0 Å². The fraction of sp³-hybridized carbons (Fsp3) is 0.250. The molecule has 4 nitrogen and oxygen atoms in total. The van der Waals surface area contributed by atoms with E-state index >= 15 is 0 Å². The van der Waals surface area contributed by atoms with E-state index in [9.17, 15) is 4.79 Å². The van der Waals surface area contributed by atoms with Crippen molar-refractivity contribution in [1.29, 1.82) is 0 Å². The molecule has 1 aromatic heterocycles. The van der Waals surface area contributed by atoms with Gasteiger partial charge in [-0.05, 0) is 74.7 Å². The number of fused-ring (bicyclic) bond motifs is 1. The van der Waals surface area contributed by atoms with Gasteiger partial charge >= 0.3 is 5.97 Å². The Morgan fingerprint density at radius 1 is 0.906 bits per heavy atom. The van der Waals surface area contributed by atoms with Gasteiger partial charge in [-0.3, -0.25) is 0 Å². The highest BCUT2D eigenvalue weighted by atomic mass is 16.6. The Labute approximate surface area is 189 Å². The molecule has 4 rings (SSSR count). The first-order valence-electron chi connectivity index (χ1n) is 10.9. The Kier molecular flexibility index (Phi) is 6.04. The molecule has 0 spiro atoms. The van der Waals surface area contributed by atoms with Crippen LogP contribution in [0.1, 0.15) is 47.8 Å². The van der Waals surface area contributed by atoms with Gasteiger partial charge in [-0.25, -0.2) is 4.79 Å². The molecule has 0 radical (unpaired) electrons. The predicted molar refractivity (Wildman–Crippen MR) is 128 cm³/mol. The molecule has 0 bridgehead atoms. The average molecular weight is 428 g/mol. The van der Waals surface area contributed by atoms with Gasteiger partial charge in [0.2, 0.25) is 0 Å². The molecule has 0 amide bonds. The van der Waals surface area contributed by atoms with Crippen molar-refractivity contribution >= 4 is 16.9 Å². The van der Waals surface area contributed by atoms with E-state index in [-0.39, 0.29) is 5.97 Å². The maximum atomic E-state index is 12.6. The molecule has 0 aliphatic carbocycles. The van der Waals surface area contributed by atoms with E-state index in [2.05, 4.69) is 47.2 Å². The lowest BCUT2D eigenvalue weighted by atomic mass is 10.0. The first-order valence-corrected chi connectivity index (χ1v) is 10.9. The maximum absolute atomic E-state index is 12.6. The van der Waals surface area contributed by atoms with Crippen molar-refractivity contribution in [2.75, 3.05) is 0 Å². The molecule has 3 aromatic carbocycles. The minimum atomic E-state index is -0.517. The number of ether oxygens (including phenoxy) is 2. The van der Waals surface area contributed by atoms with Crippen LogP contribution in [-0.2, 0) is 17.9 Å². The monoisotopic (exact) mass is 427 g/mol. The number of esters is 1. The van der Waals surface area contributed by atoms with Gasteiger partial charge < -0.3 is 14.0 Å². The van der Waals surface area contributed by atoms with Gasteiger partial charge in [0.25, 0.3) is 0 Å². The van der Waals surface area contributed by atoms with E-state index < -0.39 is 5.60 Å². The Morgan fingerprint density at radius 2 is 1.69 bits per heavy atom. The van der Waals surface area contributed by atoms with Crippen LogP contribution in [0.25, 0.3) is 10.9 Å². The zero-order valence-electron chi connectivity index (χ0n) is 19.1. The van der Waals surface area contributed by atoms with Gasteiger partial charge in [0.15, 0.2) is 0 Å². The minimum Gasteiger partial charge on any atom is -0.489 e. The van der Waals surface area contributed by atoms with Crippen molar-refractivity contribution in [3.05, 3.63) is 101 Å². The van der Waals surface area contributed by atoms with E-state index in [1.165, 1.54) is 0 Å². The van der Waals surface area contributed by atoms with Crippen LogP contribution in [-0.4, -0.2) is 16.1 Å². The molecule has 0 saturated carbocycles. The fourth-order valence-corrected chi connectivity index (χ4v) is 3.66. The summed E-state index contributed by atoms with van der Waals surface area (Å²) in [7, 11) is 0. The summed E-state index contributed by atoms with van der Waals surface area (Å²) in [5, 5.41) is 1.12. The first-order chi connectivity index (χ1) is 15.3. The van der Waals surface area contributed by atoms with E-state index in [1.807, 2.05) is 64.1 Å². The smallest absolute Gasteiger partial charge is 0.338 e. The van der Waals surface area contributed by atoms with Crippen LogP contribution in [0, 0.1) is 6.92 Å². The lowest BCUT2D eigenvalue weighted by Gasteiger charge is -2.20. The van der Waals surface area contributed by atoms with E-state index in [1.54, 1.807) is 0 Å². The number of hydrogen-bond donors (Lipinski definition) is 0. The van der Waals surface area contributed by atoms with Crippen molar-refractivity contribution in [1.82, 2.24) is 4.57 Å². The molecular formula is C28H29NO3. The summed E-state index contributed by atoms with van der Waals surface area (Å²) in [5.41, 5.74) is 4.34. The number of carbonyl (C=O) groups excluding carboxylic acids is 1. The maximum Gasteiger partial charge on any atom is 0.338 e. The number of nitrogens with zero attached hydrogens (tertiary/aromatic N) is 1. The summed E-state index contributed by atoms with van der Waals surface area (Å²) in [6, 6.07) is 24.4. The third-order valence-electron chi connectivity index (χ3n) is 5.26.